The summed E-state index contributed by atoms with van der Waals surface area (Å²) in [7, 11) is 0. The molecule has 2 atom stereocenters. The van der Waals surface area contributed by atoms with E-state index >= 15 is 0 Å². The van der Waals surface area contributed by atoms with Gasteiger partial charge in [0, 0.05) is 12.8 Å². The van der Waals surface area contributed by atoms with Gasteiger partial charge >= 0.3 is 11.9 Å². The molecule has 0 fully saturated rings. The highest BCUT2D eigenvalue weighted by Gasteiger charge is 2.12. The quantitative estimate of drug-likeness (QED) is 0.0312. The molecule has 0 rings (SSSR count). The Kier molecular flexibility index (Phi) is 34.0. The van der Waals surface area contributed by atoms with Gasteiger partial charge in [0.1, 0.15) is 19.3 Å². The first kappa shape index (κ1) is 45.6. The molecule has 0 heterocycles. The Morgan fingerprint density at radius 1 is 0.583 bits per heavy atom. The van der Waals surface area contributed by atoms with E-state index in [1.54, 1.807) is 0 Å². The number of rotatable bonds is 33. The third-order valence-corrected chi connectivity index (χ3v) is 8.02. The zero-order valence-corrected chi connectivity index (χ0v) is 31.0. The molecule has 1 unspecified atom stereocenters. The number of aliphatic hydroxyl groups is 2. The summed E-state index contributed by atoms with van der Waals surface area (Å²) in [5.74, 6) is 0.184. The summed E-state index contributed by atoms with van der Waals surface area (Å²) in [4.78, 5) is 23.9. The van der Waals surface area contributed by atoms with Crippen molar-refractivity contribution in [3.63, 3.8) is 0 Å². The standard InChI is InChI=1S/C42H72O6/c1-4-5-32-39(43)33-28-24-20-16-12-9-10-14-18-22-26-30-35-42(46)48-37-40(44)36-47-41(45)34-29-25-21-17-13-8-6-7-11-15-19-23-27-31-38(2)3/h5,9-10,16,18,20,22,24,28,32,38-40,43-44H,4,6-8,11-15,17,19,21,23,25-27,29-31,33-37H2,1-3H3/b10-9-,20-16-,22-18-,28-24+,32-5-/t39?,40-/m1/s1. The molecular weight excluding hydrogens is 600 g/mol. The SMILES string of the molecule is CC/C=C\C(O)C/C=C/C=C\C/C=C\C/C=C\CCCC(=O)OC[C@H](O)COC(=O)CCCCCCCCCCCCCCCC(C)C. The van der Waals surface area contributed by atoms with Crippen molar-refractivity contribution in [1.82, 2.24) is 0 Å². The average Bonchev–Trinajstić information content (AvgIpc) is 3.07. The maximum atomic E-state index is 12.0. The van der Waals surface area contributed by atoms with Gasteiger partial charge in [-0.2, -0.15) is 0 Å². The molecule has 0 aromatic carbocycles. The summed E-state index contributed by atoms with van der Waals surface area (Å²) in [5, 5.41) is 19.7. The van der Waals surface area contributed by atoms with E-state index in [0.29, 0.717) is 19.3 Å². The summed E-state index contributed by atoms with van der Waals surface area (Å²) in [5.41, 5.74) is 0. The van der Waals surface area contributed by atoms with Gasteiger partial charge in [0.15, 0.2) is 0 Å². The van der Waals surface area contributed by atoms with Gasteiger partial charge in [0.25, 0.3) is 0 Å². The van der Waals surface area contributed by atoms with Crippen LogP contribution in [0.25, 0.3) is 0 Å². The largest absolute Gasteiger partial charge is 0.463 e. The molecule has 0 saturated heterocycles. The fourth-order valence-electron chi connectivity index (χ4n) is 5.09. The summed E-state index contributed by atoms with van der Waals surface area (Å²) in [6.45, 7) is 6.35. The lowest BCUT2D eigenvalue weighted by Gasteiger charge is -2.12. The molecule has 6 heteroatoms. The van der Waals surface area contributed by atoms with Crippen molar-refractivity contribution in [1.29, 1.82) is 0 Å². The molecule has 0 aliphatic rings. The second-order valence-corrected chi connectivity index (χ2v) is 13.4. The van der Waals surface area contributed by atoms with Crippen LogP contribution in [0.2, 0.25) is 0 Å². The normalized spacial score (nSPS) is 13.6. The second-order valence-electron chi connectivity index (χ2n) is 13.4. The van der Waals surface area contributed by atoms with Gasteiger partial charge in [-0.3, -0.25) is 9.59 Å². The van der Waals surface area contributed by atoms with Crippen LogP contribution in [0.4, 0.5) is 0 Å². The summed E-state index contributed by atoms with van der Waals surface area (Å²) in [6.07, 6.45) is 41.9. The van der Waals surface area contributed by atoms with Crippen LogP contribution in [0.3, 0.4) is 0 Å². The van der Waals surface area contributed by atoms with Crippen molar-refractivity contribution >= 4 is 11.9 Å². The smallest absolute Gasteiger partial charge is 0.305 e. The molecule has 0 aromatic rings. The maximum absolute atomic E-state index is 12.0. The lowest BCUT2D eigenvalue weighted by atomic mass is 10.0. The van der Waals surface area contributed by atoms with E-state index in [9.17, 15) is 19.8 Å². The molecule has 6 nitrogen and oxygen atoms in total. The fourth-order valence-corrected chi connectivity index (χ4v) is 5.09. The first-order valence-corrected chi connectivity index (χ1v) is 19.3. The second kappa shape index (κ2) is 35.9. The third-order valence-electron chi connectivity index (χ3n) is 8.02. The molecule has 0 radical (unpaired) electrons. The highest BCUT2D eigenvalue weighted by molar-refractivity contribution is 5.69. The number of hydrogen-bond acceptors (Lipinski definition) is 6. The van der Waals surface area contributed by atoms with E-state index in [2.05, 4.69) is 44.2 Å². The highest BCUT2D eigenvalue weighted by Crippen LogP contribution is 2.15. The van der Waals surface area contributed by atoms with E-state index in [0.717, 1.165) is 50.9 Å². The number of ether oxygens (including phenoxy) is 2. The average molecular weight is 673 g/mol. The zero-order valence-electron chi connectivity index (χ0n) is 31.0. The molecule has 48 heavy (non-hydrogen) atoms. The van der Waals surface area contributed by atoms with Crippen LogP contribution in [0, 0.1) is 5.92 Å². The minimum atomic E-state index is -0.999. The fraction of sp³-hybridized carbons (Fsp3) is 0.714. The third kappa shape index (κ3) is 36.4. The number of hydrogen-bond donors (Lipinski definition) is 2. The topological polar surface area (TPSA) is 93.1 Å². The maximum Gasteiger partial charge on any atom is 0.305 e. The minimum absolute atomic E-state index is 0.145. The lowest BCUT2D eigenvalue weighted by Crippen LogP contribution is -2.25. The van der Waals surface area contributed by atoms with Gasteiger partial charge < -0.3 is 19.7 Å². The summed E-state index contributed by atoms with van der Waals surface area (Å²) in [6, 6.07) is 0. The van der Waals surface area contributed by atoms with Crippen LogP contribution in [0.15, 0.2) is 60.8 Å². The Morgan fingerprint density at radius 3 is 1.62 bits per heavy atom. The summed E-state index contributed by atoms with van der Waals surface area (Å²) < 4.78 is 10.3. The Hall–Kier alpha value is -2.44. The Bertz CT molecular complexity index is 885. The molecule has 0 aromatic heterocycles. The van der Waals surface area contributed by atoms with Crippen LogP contribution < -0.4 is 0 Å². The Labute approximate surface area is 294 Å². The number of allylic oxidation sites excluding steroid dienone is 8. The van der Waals surface area contributed by atoms with E-state index in [1.807, 2.05) is 37.3 Å². The molecule has 0 aliphatic carbocycles. The van der Waals surface area contributed by atoms with Crippen molar-refractivity contribution in [2.45, 2.75) is 174 Å². The van der Waals surface area contributed by atoms with Gasteiger partial charge in [0.2, 0.25) is 0 Å². The molecule has 0 saturated carbocycles. The van der Waals surface area contributed by atoms with Crippen molar-refractivity contribution in [3.05, 3.63) is 60.8 Å². The van der Waals surface area contributed by atoms with Gasteiger partial charge in [0.05, 0.1) is 6.10 Å². The number of aliphatic hydroxyl groups excluding tert-OH is 2. The van der Waals surface area contributed by atoms with E-state index in [4.69, 9.17) is 9.47 Å². The zero-order chi connectivity index (χ0) is 35.3. The van der Waals surface area contributed by atoms with Crippen LogP contribution in [-0.4, -0.2) is 47.6 Å². The van der Waals surface area contributed by atoms with E-state index < -0.39 is 12.2 Å². The van der Waals surface area contributed by atoms with Crippen molar-refractivity contribution < 1.29 is 29.3 Å². The van der Waals surface area contributed by atoms with Crippen molar-refractivity contribution in [2.75, 3.05) is 13.2 Å². The van der Waals surface area contributed by atoms with Crippen molar-refractivity contribution in [3.8, 4) is 0 Å². The van der Waals surface area contributed by atoms with Crippen LogP contribution in [0.5, 0.6) is 0 Å². The van der Waals surface area contributed by atoms with Gasteiger partial charge in [-0.15, -0.1) is 0 Å². The molecular formula is C42H72O6. The monoisotopic (exact) mass is 673 g/mol. The van der Waals surface area contributed by atoms with Crippen molar-refractivity contribution in [2.24, 2.45) is 5.92 Å². The minimum Gasteiger partial charge on any atom is -0.463 e. The molecule has 0 bridgehead atoms. The number of esters is 2. The van der Waals surface area contributed by atoms with E-state index in [-0.39, 0.29) is 31.6 Å². The Balaban J connectivity index is 3.58. The lowest BCUT2D eigenvalue weighted by molar-refractivity contribution is -0.152. The van der Waals surface area contributed by atoms with Gasteiger partial charge in [-0.05, 0) is 50.9 Å². The first-order valence-electron chi connectivity index (χ1n) is 19.3. The first-order chi connectivity index (χ1) is 23.3. The molecule has 276 valence electrons. The van der Waals surface area contributed by atoms with Crippen LogP contribution in [0.1, 0.15) is 162 Å². The predicted octanol–water partition coefficient (Wildman–Crippen LogP) is 10.8. The van der Waals surface area contributed by atoms with Crippen LogP contribution >= 0.6 is 0 Å². The number of unbranched alkanes of at least 4 members (excludes halogenated alkanes) is 13. The van der Waals surface area contributed by atoms with Crippen LogP contribution in [-0.2, 0) is 19.1 Å². The molecule has 0 aliphatic heterocycles. The predicted molar refractivity (Wildman–Crippen MR) is 202 cm³/mol. The molecule has 2 N–H and O–H groups in total. The van der Waals surface area contributed by atoms with Gasteiger partial charge in [-0.1, -0.05) is 165 Å². The molecule has 0 amide bonds. The summed E-state index contributed by atoms with van der Waals surface area (Å²) >= 11 is 0. The molecule has 0 spiro atoms. The number of carbonyl (C=O) groups is 2. The van der Waals surface area contributed by atoms with Gasteiger partial charge in [-0.25, -0.2) is 0 Å². The highest BCUT2D eigenvalue weighted by atomic mass is 16.6. The number of carbonyl (C=O) groups excluding carboxylic acids is 2. The Morgan fingerprint density at radius 2 is 1.06 bits per heavy atom. The van der Waals surface area contributed by atoms with E-state index in [1.165, 1.54) is 70.6 Å².